The van der Waals surface area contributed by atoms with Gasteiger partial charge in [0.25, 0.3) is 0 Å². The van der Waals surface area contributed by atoms with Crippen molar-refractivity contribution in [1.82, 2.24) is 10.2 Å². The average Bonchev–Trinajstić information content (AvgIpc) is 3.33. The van der Waals surface area contributed by atoms with Crippen LogP contribution in [0.25, 0.3) is 11.1 Å². The summed E-state index contributed by atoms with van der Waals surface area (Å²) in [5.74, 6) is -0.340. The van der Waals surface area contributed by atoms with Gasteiger partial charge in [-0.05, 0) is 35.7 Å². The van der Waals surface area contributed by atoms with E-state index >= 15 is 0 Å². The number of benzene rings is 2. The first-order chi connectivity index (χ1) is 13.2. The molecule has 3 aromatic rings. The monoisotopic (exact) mass is 362 g/mol. The van der Waals surface area contributed by atoms with Crippen LogP contribution in [-0.4, -0.2) is 34.4 Å². The van der Waals surface area contributed by atoms with E-state index in [1.165, 1.54) is 0 Å². The van der Waals surface area contributed by atoms with E-state index in [0.717, 1.165) is 22.4 Å². The Kier molecular flexibility index (Phi) is 4.64. The van der Waals surface area contributed by atoms with Crippen LogP contribution in [0.1, 0.15) is 5.56 Å². The van der Waals surface area contributed by atoms with Crippen molar-refractivity contribution in [1.29, 1.82) is 0 Å². The number of para-hydroxylation sites is 1. The molecule has 1 amide bonds. The molecule has 0 radical (unpaired) electrons. The Hall–Kier alpha value is -3.12. The van der Waals surface area contributed by atoms with Gasteiger partial charge in [0.05, 0.1) is 6.20 Å². The summed E-state index contributed by atoms with van der Waals surface area (Å²) in [6, 6.07) is 15.4. The van der Waals surface area contributed by atoms with Crippen LogP contribution in [0, 0.1) is 11.8 Å². The highest BCUT2D eigenvalue weighted by Gasteiger charge is 2.40. The number of nitrogens with one attached hydrogen (secondary N) is 1. The third kappa shape index (κ3) is 3.31. The number of aliphatic hydroxyl groups is 1. The molecule has 6 nitrogen and oxygen atoms in total. The molecule has 6 heteroatoms. The van der Waals surface area contributed by atoms with Crippen LogP contribution in [0.5, 0.6) is 0 Å². The van der Waals surface area contributed by atoms with Gasteiger partial charge in [-0.3, -0.25) is 9.89 Å². The topological polar surface area (TPSA) is 95.2 Å². The predicted octanol–water partition coefficient (Wildman–Crippen LogP) is 2.47. The highest BCUT2D eigenvalue weighted by Crippen LogP contribution is 2.33. The molecule has 0 saturated carbocycles. The number of aromatic amines is 1. The fraction of sp³-hybridized carbons (Fsp3) is 0.238. The molecule has 1 aromatic heterocycles. The first kappa shape index (κ1) is 17.3. The van der Waals surface area contributed by atoms with E-state index in [2.05, 4.69) is 10.2 Å². The van der Waals surface area contributed by atoms with Crippen molar-refractivity contribution in [3.05, 3.63) is 66.5 Å². The van der Waals surface area contributed by atoms with Gasteiger partial charge in [-0.15, -0.1) is 0 Å². The number of amides is 1. The zero-order valence-corrected chi connectivity index (χ0v) is 14.9. The Bertz CT molecular complexity index is 922. The van der Waals surface area contributed by atoms with Crippen molar-refractivity contribution in [3.8, 4) is 11.1 Å². The third-order valence-electron chi connectivity index (χ3n) is 5.31. The molecule has 138 valence electrons. The maximum Gasteiger partial charge on any atom is 0.230 e. The summed E-state index contributed by atoms with van der Waals surface area (Å²) in [6.07, 6.45) is 4.14. The second-order valence-corrected chi connectivity index (χ2v) is 6.93. The number of rotatable bonds is 5. The lowest BCUT2D eigenvalue weighted by Gasteiger charge is -2.17. The molecule has 2 aromatic carbocycles. The minimum Gasteiger partial charge on any atom is -0.399 e. The first-order valence-corrected chi connectivity index (χ1v) is 9.02. The second-order valence-electron chi connectivity index (χ2n) is 6.93. The number of hydrogen-bond donors (Lipinski definition) is 3. The van der Waals surface area contributed by atoms with Gasteiger partial charge in [0.15, 0.2) is 0 Å². The third-order valence-corrected chi connectivity index (χ3v) is 5.31. The van der Waals surface area contributed by atoms with Crippen molar-refractivity contribution < 1.29 is 9.90 Å². The molecule has 4 rings (SSSR count). The van der Waals surface area contributed by atoms with E-state index in [1.807, 2.05) is 54.7 Å². The van der Waals surface area contributed by atoms with Crippen LogP contribution in [0.3, 0.4) is 0 Å². The Morgan fingerprint density at radius 2 is 1.93 bits per heavy atom. The molecule has 27 heavy (non-hydrogen) atoms. The Balaban J connectivity index is 1.56. The smallest absolute Gasteiger partial charge is 0.230 e. The maximum absolute atomic E-state index is 13.1. The SMILES string of the molecule is Nc1ccccc1CC1C(=O)N(c2ccc(-c3cn[nH]c3)cc2)CC1CO. The number of aliphatic hydroxyl groups excluding tert-OH is 1. The van der Waals surface area contributed by atoms with E-state index < -0.39 is 0 Å². The highest BCUT2D eigenvalue weighted by atomic mass is 16.3. The summed E-state index contributed by atoms with van der Waals surface area (Å²) in [5, 5.41) is 16.6. The Labute approximate surface area is 157 Å². The highest BCUT2D eigenvalue weighted by molar-refractivity contribution is 5.98. The predicted molar refractivity (Wildman–Crippen MR) is 105 cm³/mol. The average molecular weight is 362 g/mol. The molecule has 1 aliphatic rings. The normalized spacial score (nSPS) is 19.6. The van der Waals surface area contributed by atoms with Gasteiger partial charge < -0.3 is 15.7 Å². The number of hydrogen-bond acceptors (Lipinski definition) is 4. The van der Waals surface area contributed by atoms with Crippen LogP contribution in [0.15, 0.2) is 60.9 Å². The van der Waals surface area contributed by atoms with Gasteiger partial charge >= 0.3 is 0 Å². The molecule has 0 bridgehead atoms. The molecule has 4 N–H and O–H groups in total. The number of anilines is 2. The molecule has 2 heterocycles. The summed E-state index contributed by atoms with van der Waals surface area (Å²) in [5.41, 5.74) is 10.6. The van der Waals surface area contributed by atoms with Gasteiger partial charge in [-0.1, -0.05) is 30.3 Å². The number of carbonyl (C=O) groups is 1. The molecule has 0 aliphatic carbocycles. The van der Waals surface area contributed by atoms with Gasteiger partial charge in [-0.2, -0.15) is 5.10 Å². The molecule has 1 fully saturated rings. The van der Waals surface area contributed by atoms with Gasteiger partial charge in [0.1, 0.15) is 0 Å². The molecule has 2 unspecified atom stereocenters. The lowest BCUT2D eigenvalue weighted by atomic mass is 9.89. The fourth-order valence-electron chi connectivity index (χ4n) is 3.72. The molecule has 2 atom stereocenters. The van der Waals surface area contributed by atoms with Crippen LogP contribution < -0.4 is 10.6 Å². The Morgan fingerprint density at radius 3 is 2.59 bits per heavy atom. The summed E-state index contributed by atoms with van der Waals surface area (Å²) < 4.78 is 0. The minimum atomic E-state index is -0.270. The summed E-state index contributed by atoms with van der Waals surface area (Å²) in [7, 11) is 0. The van der Waals surface area contributed by atoms with E-state index in [0.29, 0.717) is 18.7 Å². The summed E-state index contributed by atoms with van der Waals surface area (Å²) in [4.78, 5) is 14.8. The lowest BCUT2D eigenvalue weighted by molar-refractivity contribution is -0.121. The first-order valence-electron chi connectivity index (χ1n) is 9.02. The van der Waals surface area contributed by atoms with Crippen molar-refractivity contribution in [2.75, 3.05) is 23.8 Å². The Morgan fingerprint density at radius 1 is 1.15 bits per heavy atom. The van der Waals surface area contributed by atoms with Crippen LogP contribution in [0.4, 0.5) is 11.4 Å². The second kappa shape index (κ2) is 7.25. The number of nitrogens with zero attached hydrogens (tertiary/aromatic N) is 2. The van der Waals surface area contributed by atoms with Crippen molar-refractivity contribution in [2.45, 2.75) is 6.42 Å². The number of nitrogens with two attached hydrogens (primary N) is 1. The van der Waals surface area contributed by atoms with Gasteiger partial charge in [0, 0.05) is 48.1 Å². The van der Waals surface area contributed by atoms with E-state index in [1.54, 1.807) is 11.1 Å². The molecule has 0 spiro atoms. The largest absolute Gasteiger partial charge is 0.399 e. The maximum atomic E-state index is 13.1. The van der Waals surface area contributed by atoms with Crippen molar-refractivity contribution >= 4 is 17.3 Å². The van der Waals surface area contributed by atoms with Crippen LogP contribution >= 0.6 is 0 Å². The van der Waals surface area contributed by atoms with E-state index in [9.17, 15) is 9.90 Å². The van der Waals surface area contributed by atoms with E-state index in [4.69, 9.17) is 5.73 Å². The molecular formula is C21H22N4O2. The van der Waals surface area contributed by atoms with Crippen molar-refractivity contribution in [3.63, 3.8) is 0 Å². The van der Waals surface area contributed by atoms with Crippen molar-refractivity contribution in [2.24, 2.45) is 11.8 Å². The zero-order valence-electron chi connectivity index (χ0n) is 14.9. The number of H-pyrrole nitrogens is 1. The summed E-state index contributed by atoms with van der Waals surface area (Å²) >= 11 is 0. The standard InChI is InChI=1S/C21H22N4O2/c22-20-4-2-1-3-15(20)9-19-17(13-26)12-25(21(19)27)18-7-5-14(6-8-18)16-10-23-24-11-16/h1-8,10-11,17,19,26H,9,12-13,22H2,(H,23,24). The zero-order chi connectivity index (χ0) is 18.8. The van der Waals surface area contributed by atoms with Crippen LogP contribution in [0.2, 0.25) is 0 Å². The van der Waals surface area contributed by atoms with Gasteiger partial charge in [-0.25, -0.2) is 0 Å². The van der Waals surface area contributed by atoms with E-state index in [-0.39, 0.29) is 24.3 Å². The minimum absolute atomic E-state index is 0.0211. The quantitative estimate of drug-likeness (QED) is 0.608. The number of nitrogen functional groups attached to an aromatic ring is 1. The molecule has 1 aliphatic heterocycles. The number of carbonyl (C=O) groups excluding carboxylic acids is 1. The van der Waals surface area contributed by atoms with Crippen LogP contribution in [-0.2, 0) is 11.2 Å². The fourth-order valence-corrected chi connectivity index (χ4v) is 3.72. The lowest BCUT2D eigenvalue weighted by Crippen LogP contribution is -2.27. The van der Waals surface area contributed by atoms with Gasteiger partial charge in [0.2, 0.25) is 5.91 Å². The summed E-state index contributed by atoms with van der Waals surface area (Å²) in [6.45, 7) is 0.491. The number of aromatic nitrogens is 2. The molecule has 1 saturated heterocycles. The molecular weight excluding hydrogens is 340 g/mol.